The van der Waals surface area contributed by atoms with Gasteiger partial charge in [0, 0.05) is 11.6 Å². The fraction of sp³-hybridized carbons (Fsp3) is 1.00. The number of aliphatic hydroxyl groups is 1. The Balaban J connectivity index is 1.66. The summed E-state index contributed by atoms with van der Waals surface area (Å²) >= 11 is 0. The Morgan fingerprint density at radius 3 is 2.68 bits per heavy atom. The van der Waals surface area contributed by atoms with E-state index in [-0.39, 0.29) is 12.1 Å². The lowest BCUT2D eigenvalue weighted by atomic mass is 9.96. The first kappa shape index (κ1) is 15.3. The first-order chi connectivity index (χ1) is 9.11. The van der Waals surface area contributed by atoms with Crippen molar-refractivity contribution >= 4 is 0 Å². The zero-order valence-corrected chi connectivity index (χ0v) is 12.8. The zero-order valence-electron chi connectivity index (χ0n) is 12.8. The van der Waals surface area contributed by atoms with Gasteiger partial charge in [-0.15, -0.1) is 0 Å². The van der Waals surface area contributed by atoms with E-state index >= 15 is 0 Å². The number of hydrogen-bond donors (Lipinski definition) is 2. The van der Waals surface area contributed by atoms with E-state index in [9.17, 15) is 5.11 Å². The highest BCUT2D eigenvalue weighted by Gasteiger charge is 2.31. The van der Waals surface area contributed by atoms with Crippen LogP contribution in [-0.4, -0.2) is 47.8 Å². The topological polar surface area (TPSA) is 35.5 Å². The average Bonchev–Trinajstić information content (AvgIpc) is 3.19. The molecular formula is C16H32N2O. The van der Waals surface area contributed by atoms with Crippen molar-refractivity contribution in [1.29, 1.82) is 0 Å². The summed E-state index contributed by atoms with van der Waals surface area (Å²) < 4.78 is 0. The zero-order chi connectivity index (χ0) is 13.7. The number of rotatable bonds is 7. The van der Waals surface area contributed by atoms with Gasteiger partial charge in [-0.25, -0.2) is 0 Å². The van der Waals surface area contributed by atoms with Gasteiger partial charge in [0.1, 0.15) is 0 Å². The van der Waals surface area contributed by atoms with Gasteiger partial charge in [0.15, 0.2) is 0 Å². The summed E-state index contributed by atoms with van der Waals surface area (Å²) in [6, 6.07) is 0.677. The Morgan fingerprint density at radius 2 is 2.00 bits per heavy atom. The molecule has 1 aliphatic carbocycles. The highest BCUT2D eigenvalue weighted by Crippen LogP contribution is 2.25. The molecule has 0 aromatic carbocycles. The minimum absolute atomic E-state index is 0.0553. The number of likely N-dealkylation sites (tertiary alicyclic amines) is 1. The second-order valence-corrected chi connectivity index (χ2v) is 7.12. The molecule has 2 N–H and O–H groups in total. The first-order valence-corrected chi connectivity index (χ1v) is 8.22. The standard InChI is InChI=1S/C16H32N2O/c1-14-5-3-10-18(12-8-14)11-4-9-16(2,13-19)17-15-6-7-15/h14-15,17,19H,3-13H2,1-2H3. The lowest BCUT2D eigenvalue weighted by Gasteiger charge is -2.30. The maximum atomic E-state index is 9.60. The van der Waals surface area contributed by atoms with E-state index in [2.05, 4.69) is 24.1 Å². The largest absolute Gasteiger partial charge is 0.394 e. The van der Waals surface area contributed by atoms with Crippen LogP contribution in [0.25, 0.3) is 0 Å². The number of nitrogens with one attached hydrogen (secondary N) is 1. The summed E-state index contributed by atoms with van der Waals surface area (Å²) in [5.41, 5.74) is -0.0553. The van der Waals surface area contributed by atoms with Crippen LogP contribution in [0.3, 0.4) is 0 Å². The third-order valence-electron chi connectivity index (χ3n) is 4.79. The summed E-state index contributed by atoms with van der Waals surface area (Å²) in [7, 11) is 0. The van der Waals surface area contributed by atoms with Gasteiger partial charge in [-0.05, 0) is 77.4 Å². The SMILES string of the molecule is CC1CCCN(CCCC(C)(CO)NC2CC2)CC1. The Hall–Kier alpha value is -0.120. The molecule has 2 rings (SSSR count). The number of nitrogens with zero attached hydrogens (tertiary/aromatic N) is 1. The third kappa shape index (κ3) is 5.41. The normalized spacial score (nSPS) is 28.9. The van der Waals surface area contributed by atoms with Gasteiger partial charge >= 0.3 is 0 Å². The molecule has 2 fully saturated rings. The quantitative estimate of drug-likeness (QED) is 0.744. The molecule has 0 spiro atoms. The molecule has 2 unspecified atom stereocenters. The van der Waals surface area contributed by atoms with Crippen molar-refractivity contribution in [2.75, 3.05) is 26.2 Å². The van der Waals surface area contributed by atoms with Crippen LogP contribution in [0.5, 0.6) is 0 Å². The first-order valence-electron chi connectivity index (χ1n) is 8.22. The monoisotopic (exact) mass is 268 g/mol. The molecule has 2 atom stereocenters. The average molecular weight is 268 g/mol. The fourth-order valence-corrected chi connectivity index (χ4v) is 3.16. The van der Waals surface area contributed by atoms with Crippen molar-refractivity contribution in [3.63, 3.8) is 0 Å². The van der Waals surface area contributed by atoms with Crippen LogP contribution in [0, 0.1) is 5.92 Å². The second kappa shape index (κ2) is 7.05. The van der Waals surface area contributed by atoms with Crippen molar-refractivity contribution in [1.82, 2.24) is 10.2 Å². The van der Waals surface area contributed by atoms with Crippen molar-refractivity contribution in [3.8, 4) is 0 Å². The number of hydrogen-bond acceptors (Lipinski definition) is 3. The maximum Gasteiger partial charge on any atom is 0.0610 e. The van der Waals surface area contributed by atoms with Crippen molar-refractivity contribution in [3.05, 3.63) is 0 Å². The third-order valence-corrected chi connectivity index (χ3v) is 4.79. The Bertz CT molecular complexity index is 267. The van der Waals surface area contributed by atoms with E-state index < -0.39 is 0 Å². The van der Waals surface area contributed by atoms with E-state index in [0.29, 0.717) is 6.04 Å². The van der Waals surface area contributed by atoms with Crippen LogP contribution in [0.15, 0.2) is 0 Å². The van der Waals surface area contributed by atoms with Crippen LogP contribution in [0.1, 0.15) is 58.8 Å². The van der Waals surface area contributed by atoms with Gasteiger partial charge < -0.3 is 15.3 Å². The molecular weight excluding hydrogens is 236 g/mol. The van der Waals surface area contributed by atoms with E-state index in [1.807, 2.05) is 0 Å². The molecule has 1 heterocycles. The smallest absolute Gasteiger partial charge is 0.0610 e. The Morgan fingerprint density at radius 1 is 1.21 bits per heavy atom. The van der Waals surface area contributed by atoms with Crippen molar-refractivity contribution in [2.24, 2.45) is 5.92 Å². The molecule has 1 saturated carbocycles. The van der Waals surface area contributed by atoms with Gasteiger partial charge in [0.05, 0.1) is 6.61 Å². The molecule has 0 radical (unpaired) electrons. The number of aliphatic hydroxyl groups excluding tert-OH is 1. The van der Waals surface area contributed by atoms with E-state index in [1.54, 1.807) is 0 Å². The van der Waals surface area contributed by atoms with Crippen LogP contribution in [-0.2, 0) is 0 Å². The molecule has 19 heavy (non-hydrogen) atoms. The van der Waals surface area contributed by atoms with E-state index in [1.165, 1.54) is 58.2 Å². The maximum absolute atomic E-state index is 9.60. The van der Waals surface area contributed by atoms with Gasteiger partial charge in [0.2, 0.25) is 0 Å². The lowest BCUT2D eigenvalue weighted by molar-refractivity contribution is 0.154. The highest BCUT2D eigenvalue weighted by molar-refractivity contribution is 4.92. The fourth-order valence-electron chi connectivity index (χ4n) is 3.16. The molecule has 1 saturated heterocycles. The van der Waals surface area contributed by atoms with Gasteiger partial charge in [-0.3, -0.25) is 0 Å². The van der Waals surface area contributed by atoms with Crippen LogP contribution >= 0.6 is 0 Å². The summed E-state index contributed by atoms with van der Waals surface area (Å²) in [6.07, 6.45) is 8.99. The van der Waals surface area contributed by atoms with Crippen molar-refractivity contribution in [2.45, 2.75) is 70.4 Å². The van der Waals surface area contributed by atoms with Crippen LogP contribution < -0.4 is 5.32 Å². The highest BCUT2D eigenvalue weighted by atomic mass is 16.3. The second-order valence-electron chi connectivity index (χ2n) is 7.12. The van der Waals surface area contributed by atoms with Crippen LogP contribution in [0.2, 0.25) is 0 Å². The van der Waals surface area contributed by atoms with Gasteiger partial charge in [0.25, 0.3) is 0 Å². The molecule has 3 heteroatoms. The van der Waals surface area contributed by atoms with E-state index in [0.717, 1.165) is 12.3 Å². The summed E-state index contributed by atoms with van der Waals surface area (Å²) in [5, 5.41) is 13.2. The molecule has 3 nitrogen and oxygen atoms in total. The van der Waals surface area contributed by atoms with Crippen molar-refractivity contribution < 1.29 is 5.11 Å². The summed E-state index contributed by atoms with van der Waals surface area (Å²) in [5.74, 6) is 0.907. The minimum Gasteiger partial charge on any atom is -0.394 e. The molecule has 1 aliphatic heterocycles. The molecule has 112 valence electrons. The predicted molar refractivity (Wildman–Crippen MR) is 80.3 cm³/mol. The molecule has 2 aliphatic rings. The molecule has 0 amide bonds. The summed E-state index contributed by atoms with van der Waals surface area (Å²) in [6.45, 7) is 8.57. The predicted octanol–water partition coefficient (Wildman–Crippen LogP) is 2.39. The van der Waals surface area contributed by atoms with Crippen LogP contribution in [0.4, 0.5) is 0 Å². The Labute approximate surface area is 118 Å². The van der Waals surface area contributed by atoms with Gasteiger partial charge in [-0.1, -0.05) is 6.92 Å². The molecule has 0 aromatic rings. The molecule has 0 bridgehead atoms. The molecule has 0 aromatic heterocycles. The lowest BCUT2D eigenvalue weighted by Crippen LogP contribution is -2.47. The minimum atomic E-state index is -0.0553. The van der Waals surface area contributed by atoms with E-state index in [4.69, 9.17) is 0 Å². The Kier molecular flexibility index (Phi) is 5.67. The van der Waals surface area contributed by atoms with Gasteiger partial charge in [-0.2, -0.15) is 0 Å². The summed E-state index contributed by atoms with van der Waals surface area (Å²) in [4.78, 5) is 2.62.